The maximum absolute atomic E-state index is 11.9. The Morgan fingerprint density at radius 3 is 2.67 bits per heavy atom. The summed E-state index contributed by atoms with van der Waals surface area (Å²) in [6.45, 7) is 3.70. The fourth-order valence-electron chi connectivity index (χ4n) is 1.48. The van der Waals surface area contributed by atoms with Crippen LogP contribution < -0.4 is 10.2 Å². The summed E-state index contributed by atoms with van der Waals surface area (Å²) in [5.41, 5.74) is 3.35. The Kier molecular flexibility index (Phi) is 7.13. The lowest BCUT2D eigenvalue weighted by Crippen LogP contribution is -2.20. The third kappa shape index (κ3) is 5.70. The third-order valence-corrected chi connectivity index (χ3v) is 3.31. The molecule has 6 nitrogen and oxygen atoms in total. The van der Waals surface area contributed by atoms with E-state index in [0.29, 0.717) is 23.6 Å². The van der Waals surface area contributed by atoms with E-state index in [9.17, 15) is 9.59 Å². The minimum absolute atomic E-state index is 0.0499. The first-order valence-electron chi connectivity index (χ1n) is 6.30. The van der Waals surface area contributed by atoms with Gasteiger partial charge in [0.2, 0.25) is 0 Å². The first kappa shape index (κ1) is 17.4. The highest BCUT2D eigenvalue weighted by molar-refractivity contribution is 14.1. The van der Waals surface area contributed by atoms with Gasteiger partial charge in [0.05, 0.1) is 23.7 Å². The minimum atomic E-state index is -0.369. The molecule has 21 heavy (non-hydrogen) atoms. The molecule has 0 aliphatic carbocycles. The summed E-state index contributed by atoms with van der Waals surface area (Å²) >= 11 is 2.08. The molecule has 0 spiro atoms. The predicted molar refractivity (Wildman–Crippen MR) is 87.5 cm³/mol. The molecule has 0 fully saturated rings. The van der Waals surface area contributed by atoms with Crippen molar-refractivity contribution in [3.63, 3.8) is 0 Å². The van der Waals surface area contributed by atoms with Crippen LogP contribution in [0.4, 0.5) is 0 Å². The molecule has 0 saturated carbocycles. The van der Waals surface area contributed by atoms with Gasteiger partial charge in [0, 0.05) is 11.3 Å². The van der Waals surface area contributed by atoms with Crippen molar-refractivity contribution in [1.29, 1.82) is 0 Å². The Bertz CT molecular complexity index is 558. The SMILES string of the molecule is CCOC(=O)C/C(C)=N\NC(=O)c1ccc(OC)c(I)c1. The summed E-state index contributed by atoms with van der Waals surface area (Å²) in [6, 6.07) is 5.06. The molecule has 0 heterocycles. The maximum atomic E-state index is 11.9. The van der Waals surface area contributed by atoms with E-state index in [4.69, 9.17) is 9.47 Å². The number of benzene rings is 1. The molecule has 114 valence electrons. The molecule has 0 bridgehead atoms. The fraction of sp³-hybridized carbons (Fsp3) is 0.357. The van der Waals surface area contributed by atoms with Gasteiger partial charge in [-0.1, -0.05) is 0 Å². The van der Waals surface area contributed by atoms with E-state index in [-0.39, 0.29) is 18.3 Å². The van der Waals surface area contributed by atoms with Crippen molar-refractivity contribution in [1.82, 2.24) is 5.43 Å². The van der Waals surface area contributed by atoms with Gasteiger partial charge in [-0.2, -0.15) is 5.10 Å². The average molecular weight is 404 g/mol. The summed E-state index contributed by atoms with van der Waals surface area (Å²) in [5.74, 6) is -0.0140. The molecule has 1 N–H and O–H groups in total. The quantitative estimate of drug-likeness (QED) is 0.342. The zero-order chi connectivity index (χ0) is 15.8. The molecule has 0 saturated heterocycles. The molecule has 0 aliphatic heterocycles. The molecular formula is C14H17IN2O4. The zero-order valence-corrected chi connectivity index (χ0v) is 14.3. The van der Waals surface area contributed by atoms with Gasteiger partial charge in [-0.3, -0.25) is 9.59 Å². The Morgan fingerprint density at radius 1 is 1.38 bits per heavy atom. The lowest BCUT2D eigenvalue weighted by Gasteiger charge is -2.06. The van der Waals surface area contributed by atoms with E-state index >= 15 is 0 Å². The maximum Gasteiger partial charge on any atom is 0.311 e. The molecule has 0 aromatic heterocycles. The number of rotatable bonds is 6. The fourth-order valence-corrected chi connectivity index (χ4v) is 2.21. The van der Waals surface area contributed by atoms with Crippen LogP contribution in [-0.4, -0.2) is 31.3 Å². The van der Waals surface area contributed by atoms with Crippen molar-refractivity contribution in [2.24, 2.45) is 5.10 Å². The Labute approximate surface area is 137 Å². The predicted octanol–water partition coefficient (Wildman–Crippen LogP) is 2.36. The molecule has 1 amide bonds. The van der Waals surface area contributed by atoms with Crippen molar-refractivity contribution < 1.29 is 19.1 Å². The van der Waals surface area contributed by atoms with Gasteiger partial charge >= 0.3 is 5.97 Å². The summed E-state index contributed by atoms with van der Waals surface area (Å²) in [4.78, 5) is 23.2. The number of esters is 1. The second kappa shape index (κ2) is 8.60. The molecule has 7 heteroatoms. The van der Waals surface area contributed by atoms with Crippen LogP contribution in [0.2, 0.25) is 0 Å². The first-order chi connectivity index (χ1) is 9.97. The third-order valence-electron chi connectivity index (χ3n) is 2.47. The van der Waals surface area contributed by atoms with Gasteiger partial charge in [-0.05, 0) is 54.6 Å². The van der Waals surface area contributed by atoms with Gasteiger partial charge in [-0.15, -0.1) is 0 Å². The number of nitrogens with one attached hydrogen (secondary N) is 1. The zero-order valence-electron chi connectivity index (χ0n) is 12.1. The van der Waals surface area contributed by atoms with E-state index < -0.39 is 0 Å². The monoisotopic (exact) mass is 404 g/mol. The van der Waals surface area contributed by atoms with Gasteiger partial charge in [0.15, 0.2) is 0 Å². The van der Waals surface area contributed by atoms with Crippen LogP contribution in [-0.2, 0) is 9.53 Å². The summed E-state index contributed by atoms with van der Waals surface area (Å²) < 4.78 is 10.8. The molecular weight excluding hydrogens is 387 g/mol. The van der Waals surface area contributed by atoms with Crippen LogP contribution in [0.15, 0.2) is 23.3 Å². The number of amides is 1. The summed E-state index contributed by atoms with van der Waals surface area (Å²) in [6.07, 6.45) is 0.0499. The minimum Gasteiger partial charge on any atom is -0.496 e. The second-order valence-electron chi connectivity index (χ2n) is 4.12. The topological polar surface area (TPSA) is 77.0 Å². The highest BCUT2D eigenvalue weighted by atomic mass is 127. The summed E-state index contributed by atoms with van der Waals surface area (Å²) in [7, 11) is 1.57. The van der Waals surface area contributed by atoms with E-state index in [1.807, 2.05) is 0 Å². The largest absolute Gasteiger partial charge is 0.496 e. The molecule has 1 aromatic rings. The molecule has 0 radical (unpaired) electrons. The number of carbonyl (C=O) groups excluding carboxylic acids is 2. The molecule has 0 atom stereocenters. The first-order valence-corrected chi connectivity index (χ1v) is 7.38. The molecule has 1 rings (SSSR count). The second-order valence-corrected chi connectivity index (χ2v) is 5.28. The van der Waals surface area contributed by atoms with Gasteiger partial charge in [0.1, 0.15) is 5.75 Å². The Morgan fingerprint density at radius 2 is 2.10 bits per heavy atom. The van der Waals surface area contributed by atoms with Crippen molar-refractivity contribution >= 4 is 40.2 Å². The highest BCUT2D eigenvalue weighted by Gasteiger charge is 2.09. The lowest BCUT2D eigenvalue weighted by molar-refractivity contribution is -0.141. The van der Waals surface area contributed by atoms with Crippen molar-refractivity contribution in [2.45, 2.75) is 20.3 Å². The van der Waals surface area contributed by atoms with Crippen molar-refractivity contribution in [2.75, 3.05) is 13.7 Å². The highest BCUT2D eigenvalue weighted by Crippen LogP contribution is 2.21. The standard InChI is InChI=1S/C14H17IN2O4/c1-4-21-13(18)7-9(2)16-17-14(19)10-5-6-12(20-3)11(15)8-10/h5-6,8H,4,7H2,1-3H3,(H,17,19)/b16-9-. The number of nitrogens with zero attached hydrogens (tertiary/aromatic N) is 1. The van der Waals surface area contributed by atoms with Gasteiger partial charge in [0.25, 0.3) is 5.91 Å². The van der Waals surface area contributed by atoms with Crippen LogP contribution in [0, 0.1) is 3.57 Å². The van der Waals surface area contributed by atoms with Crippen LogP contribution in [0.1, 0.15) is 30.6 Å². The smallest absolute Gasteiger partial charge is 0.311 e. The van der Waals surface area contributed by atoms with E-state index in [0.717, 1.165) is 3.57 Å². The van der Waals surface area contributed by atoms with Crippen LogP contribution >= 0.6 is 22.6 Å². The number of hydrogen-bond donors (Lipinski definition) is 1. The van der Waals surface area contributed by atoms with Crippen LogP contribution in [0.5, 0.6) is 5.75 Å². The number of carbonyl (C=O) groups is 2. The molecule has 1 aromatic carbocycles. The van der Waals surface area contributed by atoms with Crippen molar-refractivity contribution in [3.8, 4) is 5.75 Å². The lowest BCUT2D eigenvalue weighted by atomic mass is 10.2. The van der Waals surface area contributed by atoms with Crippen LogP contribution in [0.3, 0.4) is 0 Å². The number of ether oxygens (including phenoxy) is 2. The molecule has 0 aliphatic rings. The van der Waals surface area contributed by atoms with E-state index in [2.05, 4.69) is 33.1 Å². The average Bonchev–Trinajstić information content (AvgIpc) is 2.44. The van der Waals surface area contributed by atoms with Gasteiger partial charge in [-0.25, -0.2) is 5.43 Å². The molecule has 0 unspecified atom stereocenters. The number of halogens is 1. The number of hydrazone groups is 1. The number of methoxy groups -OCH3 is 1. The Balaban J connectivity index is 2.64. The van der Waals surface area contributed by atoms with Crippen LogP contribution in [0.25, 0.3) is 0 Å². The normalized spacial score (nSPS) is 11.0. The summed E-state index contributed by atoms with van der Waals surface area (Å²) in [5, 5.41) is 3.88. The van der Waals surface area contributed by atoms with Crippen molar-refractivity contribution in [3.05, 3.63) is 27.3 Å². The van der Waals surface area contributed by atoms with E-state index in [1.54, 1.807) is 39.2 Å². The Hall–Kier alpha value is -1.64. The van der Waals surface area contributed by atoms with E-state index in [1.165, 1.54) is 0 Å². The van der Waals surface area contributed by atoms with Gasteiger partial charge < -0.3 is 9.47 Å². The number of hydrogen-bond acceptors (Lipinski definition) is 5.